The number of aliphatic carboxylic acids is 1. The monoisotopic (exact) mass is 532 g/mol. The highest BCUT2D eigenvalue weighted by atomic mass is 32.2. The average Bonchev–Trinajstić information content (AvgIpc) is 2.72. The summed E-state index contributed by atoms with van der Waals surface area (Å²) in [6.07, 6.45) is -5.08. The molecule has 0 spiro atoms. The van der Waals surface area contributed by atoms with Crippen LogP contribution in [0, 0.1) is 18.8 Å². The van der Waals surface area contributed by atoms with E-state index in [0.717, 1.165) is 5.56 Å². The van der Waals surface area contributed by atoms with Gasteiger partial charge in [0.2, 0.25) is 0 Å². The molecule has 0 aromatic heterocycles. The van der Waals surface area contributed by atoms with Crippen molar-refractivity contribution in [1.29, 1.82) is 0 Å². The van der Waals surface area contributed by atoms with Crippen LogP contribution in [-0.4, -0.2) is 49.8 Å². The van der Waals surface area contributed by atoms with Crippen LogP contribution < -0.4 is 9.62 Å². The zero-order valence-corrected chi connectivity index (χ0v) is 21.4. The largest absolute Gasteiger partial charge is 0.490 e. The molecule has 36 heavy (non-hydrogen) atoms. The number of hydrogen-bond donors (Lipinski definition) is 3. The summed E-state index contributed by atoms with van der Waals surface area (Å²) in [6.45, 7) is 11.6. The van der Waals surface area contributed by atoms with Crippen LogP contribution in [0.1, 0.15) is 43.6 Å². The van der Waals surface area contributed by atoms with Crippen molar-refractivity contribution in [2.24, 2.45) is 11.8 Å². The van der Waals surface area contributed by atoms with E-state index >= 15 is 0 Å². The normalized spacial score (nSPS) is 11.6. The van der Waals surface area contributed by atoms with E-state index in [-0.39, 0.29) is 16.1 Å². The maximum atomic E-state index is 12.6. The Hall–Kier alpha value is -3.28. The van der Waals surface area contributed by atoms with Crippen LogP contribution in [-0.2, 0) is 14.8 Å². The number of nitrogens with one attached hydrogen (secondary N) is 1. The minimum Gasteiger partial charge on any atom is -0.478 e. The summed E-state index contributed by atoms with van der Waals surface area (Å²) in [5, 5.41) is 16.9. The third kappa shape index (κ3) is 9.76. The summed E-state index contributed by atoms with van der Waals surface area (Å²) in [4.78, 5) is 23.0. The van der Waals surface area contributed by atoms with Gasteiger partial charge in [-0.25, -0.2) is 18.0 Å². The molecule has 0 radical (unpaired) electrons. The quantitative estimate of drug-likeness (QED) is 0.403. The SMILES string of the molecule is Cc1ccc(S(=O)(=O)Nc2ccc(N(CC(C)C)CC(C)C)c(C(=O)O)c2)cc1.O=C(O)C(F)(F)F. The van der Waals surface area contributed by atoms with Crippen molar-refractivity contribution in [2.45, 2.75) is 45.7 Å². The molecule has 0 aliphatic carbocycles. The standard InChI is InChI=1S/C22H30N2O4S.C2HF3O2/c1-15(2)13-24(14-16(3)4)21-11-8-18(12-20(21)22(25)26)23-29(27,28)19-9-6-17(5)7-10-19;3-2(4,5)1(6)7/h6-12,15-16,23H,13-14H2,1-5H3,(H,25,26);(H,6,7). The fraction of sp³-hybridized carbons (Fsp3) is 0.417. The Morgan fingerprint density at radius 3 is 1.81 bits per heavy atom. The number of benzene rings is 2. The molecule has 2 aromatic carbocycles. The van der Waals surface area contributed by atoms with E-state index in [1.807, 2.05) is 6.92 Å². The van der Waals surface area contributed by atoms with Gasteiger partial charge >= 0.3 is 18.1 Å². The summed E-state index contributed by atoms with van der Waals surface area (Å²) in [7, 11) is -3.80. The number of halogens is 3. The minimum absolute atomic E-state index is 0.0791. The lowest BCUT2D eigenvalue weighted by Crippen LogP contribution is -2.32. The third-order valence-corrected chi connectivity index (χ3v) is 5.96. The molecular formula is C24H31F3N2O6S. The van der Waals surface area contributed by atoms with Crippen LogP contribution in [0.25, 0.3) is 0 Å². The molecule has 0 heterocycles. The topological polar surface area (TPSA) is 124 Å². The lowest BCUT2D eigenvalue weighted by Gasteiger charge is -2.30. The van der Waals surface area contributed by atoms with E-state index in [9.17, 15) is 31.5 Å². The molecule has 8 nitrogen and oxygen atoms in total. The molecule has 0 aliphatic rings. The Morgan fingerprint density at radius 2 is 1.42 bits per heavy atom. The number of sulfonamides is 1. The van der Waals surface area contributed by atoms with Gasteiger partial charge in [0.1, 0.15) is 0 Å². The second kappa shape index (κ2) is 12.6. The minimum atomic E-state index is -5.08. The molecule has 3 N–H and O–H groups in total. The van der Waals surface area contributed by atoms with Crippen molar-refractivity contribution >= 4 is 33.3 Å². The first-order valence-corrected chi connectivity index (χ1v) is 12.4. The number of carbonyl (C=O) groups is 2. The fourth-order valence-corrected chi connectivity index (χ4v) is 4.18. The molecule has 0 amide bonds. The molecule has 12 heteroatoms. The number of aryl methyl sites for hydroxylation is 1. The van der Waals surface area contributed by atoms with Gasteiger partial charge in [-0.3, -0.25) is 4.72 Å². The average molecular weight is 533 g/mol. The molecule has 0 aliphatic heterocycles. The van der Waals surface area contributed by atoms with Crippen molar-refractivity contribution in [3.05, 3.63) is 53.6 Å². The maximum absolute atomic E-state index is 12.6. The number of alkyl halides is 3. The first kappa shape index (κ1) is 30.8. The van der Waals surface area contributed by atoms with Crippen molar-refractivity contribution in [3.63, 3.8) is 0 Å². The number of anilines is 2. The predicted octanol–water partition coefficient (Wildman–Crippen LogP) is 5.25. The lowest BCUT2D eigenvalue weighted by atomic mass is 10.1. The Bertz CT molecular complexity index is 1140. The van der Waals surface area contributed by atoms with Crippen molar-refractivity contribution in [3.8, 4) is 0 Å². The highest BCUT2D eigenvalue weighted by Crippen LogP contribution is 2.28. The summed E-state index contributed by atoms with van der Waals surface area (Å²) >= 11 is 0. The smallest absolute Gasteiger partial charge is 0.478 e. The van der Waals surface area contributed by atoms with Gasteiger partial charge in [0.05, 0.1) is 16.1 Å². The number of carboxylic acid groups (broad SMARTS) is 2. The van der Waals surface area contributed by atoms with Gasteiger partial charge < -0.3 is 15.1 Å². The van der Waals surface area contributed by atoms with E-state index in [4.69, 9.17) is 9.90 Å². The number of rotatable bonds is 9. The highest BCUT2D eigenvalue weighted by Gasteiger charge is 2.38. The molecule has 0 bridgehead atoms. The van der Waals surface area contributed by atoms with Crippen molar-refractivity contribution in [1.82, 2.24) is 0 Å². The van der Waals surface area contributed by atoms with Gasteiger partial charge in [0.15, 0.2) is 0 Å². The Kier molecular flexibility index (Phi) is 10.8. The molecule has 0 saturated carbocycles. The molecule has 200 valence electrons. The summed E-state index contributed by atoms with van der Waals surface area (Å²) in [5.74, 6) is -3.13. The molecule has 0 unspecified atom stereocenters. The zero-order valence-electron chi connectivity index (χ0n) is 20.6. The Labute approximate surface area is 208 Å². The van der Waals surface area contributed by atoms with Gasteiger partial charge in [0.25, 0.3) is 10.0 Å². The number of hydrogen-bond acceptors (Lipinski definition) is 5. The second-order valence-corrected chi connectivity index (χ2v) is 10.6. The van der Waals surface area contributed by atoms with Crippen LogP contribution in [0.4, 0.5) is 24.5 Å². The maximum Gasteiger partial charge on any atom is 0.490 e. The van der Waals surface area contributed by atoms with Gasteiger partial charge in [-0.1, -0.05) is 45.4 Å². The van der Waals surface area contributed by atoms with Crippen LogP contribution >= 0.6 is 0 Å². The number of nitrogens with zero attached hydrogens (tertiary/aromatic N) is 1. The highest BCUT2D eigenvalue weighted by molar-refractivity contribution is 7.92. The van der Waals surface area contributed by atoms with Gasteiger partial charge in [-0.15, -0.1) is 0 Å². The molecule has 0 saturated heterocycles. The molecule has 2 aromatic rings. The summed E-state index contributed by atoms with van der Waals surface area (Å²) in [5.41, 5.74) is 1.85. The van der Waals surface area contributed by atoms with Crippen LogP contribution in [0.2, 0.25) is 0 Å². The summed E-state index contributed by atoms with van der Waals surface area (Å²) in [6, 6.07) is 11.2. The van der Waals surface area contributed by atoms with E-state index in [1.165, 1.54) is 18.2 Å². The van der Waals surface area contributed by atoms with Gasteiger partial charge in [-0.2, -0.15) is 13.2 Å². The van der Waals surface area contributed by atoms with Crippen LogP contribution in [0.15, 0.2) is 47.4 Å². The number of carboxylic acids is 2. The Balaban J connectivity index is 0.000000809. The van der Waals surface area contributed by atoms with Crippen LogP contribution in [0.3, 0.4) is 0 Å². The molecule has 2 rings (SSSR count). The summed E-state index contributed by atoms with van der Waals surface area (Å²) < 4.78 is 59.5. The molecule has 0 fully saturated rings. The first-order chi connectivity index (χ1) is 16.4. The second-order valence-electron chi connectivity index (χ2n) is 8.95. The predicted molar refractivity (Wildman–Crippen MR) is 131 cm³/mol. The first-order valence-electron chi connectivity index (χ1n) is 11.0. The molecule has 0 atom stereocenters. The van der Waals surface area contributed by atoms with E-state index in [2.05, 4.69) is 37.3 Å². The molecular weight excluding hydrogens is 501 g/mol. The van der Waals surface area contributed by atoms with Gasteiger partial charge in [-0.05, 0) is 49.1 Å². The van der Waals surface area contributed by atoms with E-state index in [1.54, 1.807) is 24.3 Å². The fourth-order valence-electron chi connectivity index (χ4n) is 3.13. The lowest BCUT2D eigenvalue weighted by molar-refractivity contribution is -0.192. The van der Waals surface area contributed by atoms with E-state index < -0.39 is 28.1 Å². The van der Waals surface area contributed by atoms with Crippen LogP contribution in [0.5, 0.6) is 0 Å². The van der Waals surface area contributed by atoms with Gasteiger partial charge in [0, 0.05) is 18.8 Å². The van der Waals surface area contributed by atoms with Crippen molar-refractivity contribution < 1.29 is 41.4 Å². The van der Waals surface area contributed by atoms with Crippen molar-refractivity contribution in [2.75, 3.05) is 22.7 Å². The zero-order chi connectivity index (χ0) is 27.8. The number of aromatic carboxylic acids is 1. The van der Waals surface area contributed by atoms with E-state index in [0.29, 0.717) is 30.6 Å². The third-order valence-electron chi connectivity index (χ3n) is 4.56. The Morgan fingerprint density at radius 1 is 0.944 bits per heavy atom.